The van der Waals surface area contributed by atoms with Crippen LogP contribution in [0.5, 0.6) is 5.75 Å². The van der Waals surface area contributed by atoms with Crippen molar-refractivity contribution in [1.29, 1.82) is 0 Å². The van der Waals surface area contributed by atoms with Crippen LogP contribution in [0.3, 0.4) is 0 Å². The first kappa shape index (κ1) is 20.3. The van der Waals surface area contributed by atoms with Gasteiger partial charge in [0.2, 0.25) is 5.91 Å². The zero-order valence-corrected chi connectivity index (χ0v) is 18.1. The number of nitrogens with zero attached hydrogens (tertiary/aromatic N) is 3. The van der Waals surface area contributed by atoms with Gasteiger partial charge in [0.05, 0.1) is 25.7 Å². The molecule has 1 aromatic carbocycles. The molecule has 31 heavy (non-hydrogen) atoms. The van der Waals surface area contributed by atoms with Gasteiger partial charge in [-0.15, -0.1) is 0 Å². The van der Waals surface area contributed by atoms with Crippen LogP contribution in [0.2, 0.25) is 0 Å². The highest BCUT2D eigenvalue weighted by Gasteiger charge is 2.51. The summed E-state index contributed by atoms with van der Waals surface area (Å²) in [4.78, 5) is 35.8. The Labute approximate surface area is 182 Å². The van der Waals surface area contributed by atoms with Gasteiger partial charge < -0.3 is 24.3 Å². The number of hydrogen-bond acceptors (Lipinski definition) is 5. The Balaban J connectivity index is 1.23. The van der Waals surface area contributed by atoms with Crippen LogP contribution in [0, 0.1) is 5.41 Å². The number of fused-ring (bicyclic) bond motifs is 1. The maximum atomic E-state index is 13.2. The first-order chi connectivity index (χ1) is 15.1. The van der Waals surface area contributed by atoms with Crippen LogP contribution < -0.4 is 4.74 Å². The topological polar surface area (TPSA) is 78.1 Å². The molecule has 3 saturated heterocycles. The highest BCUT2D eigenvalue weighted by atomic mass is 16.5. The number of methoxy groups -OCH3 is 1. The molecule has 166 valence electrons. The number of H-pyrrole nitrogens is 1. The number of aromatic nitrogens is 1. The fourth-order valence-electron chi connectivity index (χ4n) is 5.14. The minimum atomic E-state index is -0.407. The number of amides is 2. The summed E-state index contributed by atoms with van der Waals surface area (Å²) in [6, 6.07) is 7.58. The second kappa shape index (κ2) is 8.16. The molecular formula is C23H30N4O4. The van der Waals surface area contributed by atoms with Gasteiger partial charge in [0.25, 0.3) is 5.91 Å². The molecule has 0 aliphatic carbocycles. The molecule has 2 aromatic rings. The summed E-state index contributed by atoms with van der Waals surface area (Å²) in [6.45, 7) is 7.00. The number of nitrogens with one attached hydrogen (secondary N) is 1. The number of benzene rings is 1. The molecule has 0 saturated carbocycles. The Morgan fingerprint density at radius 1 is 1.13 bits per heavy atom. The van der Waals surface area contributed by atoms with Gasteiger partial charge in [-0.25, -0.2) is 0 Å². The molecule has 3 fully saturated rings. The SMILES string of the molecule is COc1ccc2[nH]c(C(=O)N3CCC4(CCN(CCN5CCOCC5)C4=O)C3)cc2c1. The van der Waals surface area contributed by atoms with Gasteiger partial charge in [0.1, 0.15) is 11.4 Å². The number of carbonyl (C=O) groups excluding carboxylic acids is 2. The summed E-state index contributed by atoms with van der Waals surface area (Å²) in [7, 11) is 1.63. The highest BCUT2D eigenvalue weighted by molar-refractivity contribution is 5.99. The first-order valence-electron chi connectivity index (χ1n) is 11.1. The van der Waals surface area contributed by atoms with E-state index >= 15 is 0 Å². The van der Waals surface area contributed by atoms with E-state index in [-0.39, 0.29) is 11.8 Å². The molecule has 0 bridgehead atoms. The summed E-state index contributed by atoms with van der Waals surface area (Å²) < 4.78 is 10.7. The van der Waals surface area contributed by atoms with Gasteiger partial charge in [-0.05, 0) is 37.1 Å². The van der Waals surface area contributed by atoms with Crippen LogP contribution in [0.25, 0.3) is 10.9 Å². The average molecular weight is 427 g/mol. The van der Waals surface area contributed by atoms with E-state index in [0.717, 1.165) is 75.4 Å². The van der Waals surface area contributed by atoms with Crippen LogP contribution in [0.1, 0.15) is 23.3 Å². The lowest BCUT2D eigenvalue weighted by atomic mass is 9.85. The monoisotopic (exact) mass is 426 g/mol. The molecule has 0 radical (unpaired) electrons. The lowest BCUT2D eigenvalue weighted by molar-refractivity contribution is -0.135. The average Bonchev–Trinajstić information content (AvgIpc) is 3.51. The van der Waals surface area contributed by atoms with Gasteiger partial charge in [-0.2, -0.15) is 0 Å². The third kappa shape index (κ3) is 3.78. The molecule has 2 amide bonds. The van der Waals surface area contributed by atoms with Gasteiger partial charge in [0.15, 0.2) is 0 Å². The number of aromatic amines is 1. The van der Waals surface area contributed by atoms with Gasteiger partial charge in [-0.3, -0.25) is 14.5 Å². The summed E-state index contributed by atoms with van der Waals surface area (Å²) in [6.07, 6.45) is 1.59. The predicted molar refractivity (Wildman–Crippen MR) is 116 cm³/mol. The molecule has 3 aliphatic rings. The molecule has 1 aromatic heterocycles. The maximum Gasteiger partial charge on any atom is 0.270 e. The number of carbonyl (C=O) groups is 2. The van der Waals surface area contributed by atoms with Crippen LogP contribution in [0.15, 0.2) is 24.3 Å². The predicted octanol–water partition coefficient (Wildman–Crippen LogP) is 1.57. The summed E-state index contributed by atoms with van der Waals surface area (Å²) >= 11 is 0. The molecule has 8 heteroatoms. The lowest BCUT2D eigenvalue weighted by Crippen LogP contribution is -2.43. The molecule has 1 atom stereocenters. The number of morpholine rings is 1. The second-order valence-corrected chi connectivity index (χ2v) is 8.89. The lowest BCUT2D eigenvalue weighted by Gasteiger charge is -2.29. The van der Waals surface area contributed by atoms with Gasteiger partial charge >= 0.3 is 0 Å². The van der Waals surface area contributed by atoms with E-state index in [2.05, 4.69) is 9.88 Å². The van der Waals surface area contributed by atoms with Crippen molar-refractivity contribution in [3.8, 4) is 5.75 Å². The van der Waals surface area contributed by atoms with Crippen molar-refractivity contribution in [3.05, 3.63) is 30.0 Å². The molecule has 1 unspecified atom stereocenters. The smallest absolute Gasteiger partial charge is 0.270 e. The Morgan fingerprint density at radius 3 is 2.74 bits per heavy atom. The summed E-state index contributed by atoms with van der Waals surface area (Å²) in [5.41, 5.74) is 1.06. The third-order valence-corrected chi connectivity index (χ3v) is 7.09. The highest BCUT2D eigenvalue weighted by Crippen LogP contribution is 2.41. The van der Waals surface area contributed by atoms with E-state index in [0.29, 0.717) is 18.8 Å². The van der Waals surface area contributed by atoms with E-state index in [4.69, 9.17) is 9.47 Å². The number of rotatable bonds is 5. The Morgan fingerprint density at radius 2 is 1.94 bits per heavy atom. The number of hydrogen-bond donors (Lipinski definition) is 1. The van der Waals surface area contributed by atoms with Gasteiger partial charge in [-0.1, -0.05) is 0 Å². The van der Waals surface area contributed by atoms with Crippen molar-refractivity contribution in [2.75, 3.05) is 66.1 Å². The van der Waals surface area contributed by atoms with E-state index in [9.17, 15) is 9.59 Å². The standard InChI is InChI=1S/C23H30N4O4/c1-30-18-2-3-19-17(14-18)15-20(24-19)21(28)27-7-5-23(16-27)4-6-26(22(23)29)9-8-25-10-12-31-13-11-25/h2-3,14-15,24H,4-13,16H2,1H3. The number of ether oxygens (including phenoxy) is 2. The van der Waals surface area contributed by atoms with Crippen molar-refractivity contribution in [2.45, 2.75) is 12.8 Å². The molecule has 4 heterocycles. The molecule has 1 spiro atoms. The number of likely N-dealkylation sites (tertiary alicyclic amines) is 2. The minimum absolute atomic E-state index is 0.0355. The van der Waals surface area contributed by atoms with Gasteiger partial charge in [0, 0.05) is 56.7 Å². The summed E-state index contributed by atoms with van der Waals surface area (Å²) in [5, 5.41) is 0.947. The molecule has 8 nitrogen and oxygen atoms in total. The Kier molecular flexibility index (Phi) is 5.35. The largest absolute Gasteiger partial charge is 0.497 e. The van der Waals surface area contributed by atoms with Crippen molar-refractivity contribution in [2.24, 2.45) is 5.41 Å². The van der Waals surface area contributed by atoms with Crippen molar-refractivity contribution in [1.82, 2.24) is 19.7 Å². The summed E-state index contributed by atoms with van der Waals surface area (Å²) in [5.74, 6) is 0.948. The van der Waals surface area contributed by atoms with E-state index in [1.165, 1.54) is 0 Å². The zero-order valence-electron chi connectivity index (χ0n) is 18.1. The first-order valence-corrected chi connectivity index (χ1v) is 11.1. The van der Waals surface area contributed by atoms with Crippen molar-refractivity contribution >= 4 is 22.7 Å². The van der Waals surface area contributed by atoms with Crippen LogP contribution in [-0.4, -0.2) is 97.6 Å². The third-order valence-electron chi connectivity index (χ3n) is 7.09. The molecular weight excluding hydrogens is 396 g/mol. The fraction of sp³-hybridized carbons (Fsp3) is 0.565. The normalized spacial score (nSPS) is 24.6. The quantitative estimate of drug-likeness (QED) is 0.785. The second-order valence-electron chi connectivity index (χ2n) is 8.89. The van der Waals surface area contributed by atoms with Crippen LogP contribution in [-0.2, 0) is 9.53 Å². The fourth-order valence-corrected chi connectivity index (χ4v) is 5.14. The van der Waals surface area contributed by atoms with Crippen LogP contribution in [0.4, 0.5) is 0 Å². The van der Waals surface area contributed by atoms with E-state index in [1.807, 2.05) is 34.1 Å². The van der Waals surface area contributed by atoms with E-state index in [1.54, 1.807) is 7.11 Å². The molecule has 3 aliphatic heterocycles. The van der Waals surface area contributed by atoms with Crippen molar-refractivity contribution < 1.29 is 19.1 Å². The molecule has 5 rings (SSSR count). The maximum absolute atomic E-state index is 13.2. The Hall–Kier alpha value is -2.58. The van der Waals surface area contributed by atoms with Crippen LogP contribution >= 0.6 is 0 Å². The minimum Gasteiger partial charge on any atom is -0.497 e. The zero-order chi connectivity index (χ0) is 21.4. The molecule has 1 N–H and O–H groups in total. The van der Waals surface area contributed by atoms with E-state index < -0.39 is 5.41 Å². The van der Waals surface area contributed by atoms with Crippen molar-refractivity contribution in [3.63, 3.8) is 0 Å². The Bertz CT molecular complexity index is 983.